The summed E-state index contributed by atoms with van der Waals surface area (Å²) < 4.78 is 41.4. The highest BCUT2D eigenvalue weighted by Crippen LogP contribution is 2.33. The number of hydrogen-bond acceptors (Lipinski definition) is 4. The number of rotatable bonds is 4. The van der Waals surface area contributed by atoms with Crippen LogP contribution >= 0.6 is 0 Å². The number of aromatic amines is 1. The predicted octanol–water partition coefficient (Wildman–Crippen LogP) is 3.71. The van der Waals surface area contributed by atoms with Gasteiger partial charge >= 0.3 is 0 Å². The first-order valence-electron chi connectivity index (χ1n) is 14.8. The zero-order chi connectivity index (χ0) is 31.3. The van der Waals surface area contributed by atoms with E-state index in [9.17, 15) is 32.3 Å². The van der Waals surface area contributed by atoms with Gasteiger partial charge in [0.2, 0.25) is 17.7 Å². The summed E-state index contributed by atoms with van der Waals surface area (Å²) in [6.07, 6.45) is 2.05. The van der Waals surface area contributed by atoms with Crippen molar-refractivity contribution >= 4 is 34.5 Å². The van der Waals surface area contributed by atoms with Crippen molar-refractivity contribution in [3.8, 4) is 0 Å². The van der Waals surface area contributed by atoms with Crippen molar-refractivity contribution in [1.82, 2.24) is 25.0 Å². The second kappa shape index (κ2) is 11.3. The van der Waals surface area contributed by atoms with Gasteiger partial charge in [-0.2, -0.15) is 0 Å². The highest BCUT2D eigenvalue weighted by molar-refractivity contribution is 6.01. The maximum absolute atomic E-state index is 14.1. The number of benzene rings is 2. The smallest absolute Gasteiger partial charge is 0.270 e. The maximum atomic E-state index is 14.1. The highest BCUT2D eigenvalue weighted by Gasteiger charge is 2.46. The summed E-state index contributed by atoms with van der Waals surface area (Å²) in [5, 5.41) is 3.17. The first-order chi connectivity index (χ1) is 20.9. The molecule has 1 aromatic heterocycles. The Hall–Kier alpha value is -4.35. The Morgan fingerprint density at radius 3 is 2.52 bits per heavy atom. The summed E-state index contributed by atoms with van der Waals surface area (Å²) in [5.74, 6) is -4.88. The molecular weight excluding hydrogens is 575 g/mol. The predicted molar refractivity (Wildman–Crippen MR) is 155 cm³/mol. The summed E-state index contributed by atoms with van der Waals surface area (Å²) in [6.45, 7) is 3.22. The summed E-state index contributed by atoms with van der Waals surface area (Å²) >= 11 is 0. The number of fused-ring (bicyclic) bond motifs is 3. The second-order valence-electron chi connectivity index (χ2n) is 12.1. The third-order valence-electron chi connectivity index (χ3n) is 9.09. The van der Waals surface area contributed by atoms with Crippen LogP contribution < -0.4 is 5.32 Å². The number of amides is 4. The van der Waals surface area contributed by atoms with Gasteiger partial charge in [-0.1, -0.05) is 12.1 Å². The van der Waals surface area contributed by atoms with E-state index in [1.807, 2.05) is 0 Å². The zero-order valence-corrected chi connectivity index (χ0v) is 24.5. The lowest BCUT2D eigenvalue weighted by atomic mass is 9.98. The van der Waals surface area contributed by atoms with Gasteiger partial charge in [-0.15, -0.1) is 0 Å². The Kier molecular flexibility index (Phi) is 7.63. The van der Waals surface area contributed by atoms with Crippen molar-refractivity contribution in [2.45, 2.75) is 70.1 Å². The molecule has 0 aliphatic carbocycles. The quantitative estimate of drug-likeness (QED) is 0.471. The lowest BCUT2D eigenvalue weighted by Crippen LogP contribution is -2.61. The molecule has 6 rings (SSSR count). The van der Waals surface area contributed by atoms with Gasteiger partial charge in [0.25, 0.3) is 11.8 Å². The Balaban J connectivity index is 1.24. The first-order valence-corrected chi connectivity index (χ1v) is 14.8. The van der Waals surface area contributed by atoms with Crippen LogP contribution in [0.25, 0.3) is 10.9 Å². The number of carbonyl (C=O) groups is 4. The molecule has 2 aromatic carbocycles. The van der Waals surface area contributed by atoms with E-state index in [4.69, 9.17) is 0 Å². The molecule has 4 heterocycles. The minimum absolute atomic E-state index is 0.0703. The van der Waals surface area contributed by atoms with Gasteiger partial charge in [0.1, 0.15) is 23.6 Å². The van der Waals surface area contributed by atoms with E-state index in [2.05, 4.69) is 10.3 Å². The fraction of sp³-hybridized carbons (Fsp3) is 0.438. The van der Waals surface area contributed by atoms with Gasteiger partial charge in [-0.25, -0.2) is 13.2 Å². The van der Waals surface area contributed by atoms with Gasteiger partial charge in [-0.3, -0.25) is 19.2 Å². The van der Waals surface area contributed by atoms with E-state index in [-0.39, 0.29) is 41.5 Å². The molecule has 3 aromatic rings. The third kappa shape index (κ3) is 5.65. The van der Waals surface area contributed by atoms with E-state index in [0.717, 1.165) is 18.1 Å². The van der Waals surface area contributed by atoms with Crippen LogP contribution in [0.1, 0.15) is 60.3 Å². The van der Waals surface area contributed by atoms with Crippen LogP contribution in [0.5, 0.6) is 0 Å². The Bertz CT molecular complexity index is 1650. The van der Waals surface area contributed by atoms with Gasteiger partial charge in [0.15, 0.2) is 0 Å². The Morgan fingerprint density at radius 2 is 1.77 bits per heavy atom. The van der Waals surface area contributed by atoms with Crippen molar-refractivity contribution in [3.05, 3.63) is 70.7 Å². The van der Waals surface area contributed by atoms with Gasteiger partial charge in [-0.05, 0) is 67.1 Å². The first kappa shape index (κ1) is 29.7. The second-order valence-corrected chi connectivity index (χ2v) is 12.1. The SMILES string of the molecule is CC(=O)N1CC[C@H]2CC[C@@H](C(=O)N3CCc4cc(F)ccc4C3)N2C(=O)[C@@H](NC(=O)c2cc3cc(C(C)(F)F)ccc3[nH]2)C1. The van der Waals surface area contributed by atoms with Crippen LogP contribution in [0.4, 0.5) is 13.2 Å². The van der Waals surface area contributed by atoms with Crippen LogP contribution in [-0.4, -0.2) is 81.1 Å². The maximum Gasteiger partial charge on any atom is 0.270 e. The van der Waals surface area contributed by atoms with Gasteiger partial charge < -0.3 is 25.0 Å². The molecule has 2 N–H and O–H groups in total. The fourth-order valence-corrected chi connectivity index (χ4v) is 6.69. The molecule has 232 valence electrons. The van der Waals surface area contributed by atoms with E-state index < -0.39 is 29.8 Å². The van der Waals surface area contributed by atoms with E-state index in [0.29, 0.717) is 56.2 Å². The standard InChI is InChI=1S/C32H34F3N5O4/c1-18(41)38-12-10-24-6-8-28(31(44)39-11-9-19-14-23(33)5-3-20(19)16-39)40(24)30(43)27(17-38)37-29(42)26-15-21-13-22(32(2,34)35)4-7-25(21)36-26/h3-5,7,13-15,24,27-28,36H,6,8-12,16-17H2,1-2H3,(H,37,42)/t24-,27+,28+/m1/s1. The molecule has 2 fully saturated rings. The lowest BCUT2D eigenvalue weighted by molar-refractivity contribution is -0.149. The molecule has 4 amide bonds. The number of carbonyl (C=O) groups excluding carboxylic acids is 4. The van der Waals surface area contributed by atoms with Crippen LogP contribution in [0.15, 0.2) is 42.5 Å². The molecule has 44 heavy (non-hydrogen) atoms. The summed E-state index contributed by atoms with van der Waals surface area (Å²) in [4.78, 5) is 61.6. The minimum atomic E-state index is -3.05. The number of nitrogens with zero attached hydrogens (tertiary/aromatic N) is 3. The average molecular weight is 610 g/mol. The molecule has 12 heteroatoms. The van der Waals surface area contributed by atoms with Crippen LogP contribution in [0, 0.1) is 5.82 Å². The zero-order valence-electron chi connectivity index (χ0n) is 24.5. The van der Waals surface area contributed by atoms with Gasteiger partial charge in [0.05, 0.1) is 0 Å². The number of nitrogens with one attached hydrogen (secondary N) is 2. The molecule has 0 radical (unpaired) electrons. The molecule has 9 nitrogen and oxygen atoms in total. The molecule has 2 saturated heterocycles. The molecule has 3 aliphatic rings. The number of aromatic nitrogens is 1. The van der Waals surface area contributed by atoms with Crippen LogP contribution in [0.2, 0.25) is 0 Å². The van der Waals surface area contributed by atoms with E-state index in [1.165, 1.54) is 48.2 Å². The fourth-order valence-electron chi connectivity index (χ4n) is 6.69. The number of alkyl halides is 2. The minimum Gasteiger partial charge on any atom is -0.351 e. The number of halogens is 3. The van der Waals surface area contributed by atoms with Crippen LogP contribution in [0.3, 0.4) is 0 Å². The van der Waals surface area contributed by atoms with Crippen molar-refractivity contribution in [2.75, 3.05) is 19.6 Å². The molecule has 0 saturated carbocycles. The van der Waals surface area contributed by atoms with Crippen molar-refractivity contribution in [3.63, 3.8) is 0 Å². The average Bonchev–Trinajstić information content (AvgIpc) is 3.60. The van der Waals surface area contributed by atoms with Crippen LogP contribution in [-0.2, 0) is 33.3 Å². The molecule has 0 bridgehead atoms. The molecule has 3 atom stereocenters. The van der Waals surface area contributed by atoms with Crippen molar-refractivity contribution in [2.24, 2.45) is 0 Å². The van der Waals surface area contributed by atoms with Crippen molar-refractivity contribution in [1.29, 1.82) is 0 Å². The topological polar surface area (TPSA) is 106 Å². The molecule has 3 aliphatic heterocycles. The Labute approximate surface area is 252 Å². The van der Waals surface area contributed by atoms with E-state index in [1.54, 1.807) is 15.9 Å². The monoisotopic (exact) mass is 609 g/mol. The molecule has 0 unspecified atom stereocenters. The number of hydrogen-bond donors (Lipinski definition) is 2. The van der Waals surface area contributed by atoms with Crippen molar-refractivity contribution < 1.29 is 32.3 Å². The number of H-pyrrole nitrogens is 1. The Morgan fingerprint density at radius 1 is 0.977 bits per heavy atom. The summed E-state index contributed by atoms with van der Waals surface area (Å²) in [6, 6.07) is 7.92. The summed E-state index contributed by atoms with van der Waals surface area (Å²) in [7, 11) is 0. The normalized spacial score (nSPS) is 22.3. The molecule has 0 spiro atoms. The largest absolute Gasteiger partial charge is 0.351 e. The van der Waals surface area contributed by atoms with E-state index >= 15 is 0 Å². The summed E-state index contributed by atoms with van der Waals surface area (Å²) in [5.41, 5.74) is 2.10. The third-order valence-corrected chi connectivity index (χ3v) is 9.09. The highest BCUT2D eigenvalue weighted by atomic mass is 19.3. The lowest BCUT2D eigenvalue weighted by Gasteiger charge is -2.40. The van der Waals surface area contributed by atoms with Gasteiger partial charge in [0, 0.05) is 62.5 Å². The molecular formula is C32H34F3N5O4.